The number of carbonyl (C=O) groups excluding carboxylic acids is 1. The normalized spacial score (nSPS) is 18.6. The third-order valence-corrected chi connectivity index (χ3v) is 4.25. The van der Waals surface area contributed by atoms with Gasteiger partial charge in [-0.3, -0.25) is 4.79 Å². The number of primary sulfonamides is 1. The molecule has 2 rings (SSSR count). The molecule has 1 aromatic carbocycles. The number of sulfonamides is 1. The summed E-state index contributed by atoms with van der Waals surface area (Å²) in [5.41, 5.74) is 0.126. The highest BCUT2D eigenvalue weighted by Crippen LogP contribution is 2.34. The number of amides is 1. The van der Waals surface area contributed by atoms with Gasteiger partial charge in [-0.05, 0) is 18.2 Å². The fraction of sp³-hybridized carbons (Fsp3) is 0.500. The van der Waals surface area contributed by atoms with E-state index < -0.39 is 15.4 Å². The van der Waals surface area contributed by atoms with Crippen molar-refractivity contribution in [3.63, 3.8) is 0 Å². The minimum absolute atomic E-state index is 0.0155. The summed E-state index contributed by atoms with van der Waals surface area (Å²) in [6, 6.07) is 4.17. The number of hydrogen-bond acceptors (Lipinski definition) is 4. The quantitative estimate of drug-likeness (QED) is 0.860. The predicted molar refractivity (Wildman–Crippen MR) is 78.3 cm³/mol. The summed E-state index contributed by atoms with van der Waals surface area (Å²) in [4.78, 5) is 12.1. The lowest BCUT2D eigenvalue weighted by Gasteiger charge is -2.29. The molecule has 1 aliphatic heterocycles. The smallest absolute Gasteiger partial charge is 0.238 e. The van der Waals surface area contributed by atoms with Gasteiger partial charge in [-0.25, -0.2) is 13.6 Å². The van der Waals surface area contributed by atoms with Crippen LogP contribution in [0.25, 0.3) is 0 Å². The highest BCUT2D eigenvalue weighted by Gasteiger charge is 2.29. The van der Waals surface area contributed by atoms with E-state index in [2.05, 4.69) is 5.32 Å². The van der Waals surface area contributed by atoms with Crippen LogP contribution in [0.15, 0.2) is 23.1 Å². The van der Waals surface area contributed by atoms with Crippen molar-refractivity contribution in [3.8, 4) is 5.75 Å². The second-order valence-corrected chi connectivity index (χ2v) is 7.72. The summed E-state index contributed by atoms with van der Waals surface area (Å²) < 4.78 is 28.4. The first-order valence-electron chi connectivity index (χ1n) is 6.69. The number of hydrogen-bond donors (Lipinski definition) is 2. The lowest BCUT2D eigenvalue weighted by molar-refractivity contribution is -0.129. The third kappa shape index (κ3) is 3.54. The van der Waals surface area contributed by atoms with E-state index in [1.807, 2.05) is 20.8 Å². The Bertz CT molecular complexity index is 662. The minimum atomic E-state index is -3.78. The molecule has 116 valence electrons. The van der Waals surface area contributed by atoms with E-state index in [4.69, 9.17) is 9.88 Å². The van der Waals surface area contributed by atoms with Crippen molar-refractivity contribution in [1.82, 2.24) is 5.32 Å². The zero-order valence-corrected chi connectivity index (χ0v) is 13.2. The highest BCUT2D eigenvalue weighted by molar-refractivity contribution is 7.89. The number of benzene rings is 1. The maximum absolute atomic E-state index is 12.1. The van der Waals surface area contributed by atoms with Crippen molar-refractivity contribution in [2.45, 2.75) is 38.1 Å². The van der Waals surface area contributed by atoms with Crippen molar-refractivity contribution < 1.29 is 17.9 Å². The first-order valence-corrected chi connectivity index (χ1v) is 8.24. The van der Waals surface area contributed by atoms with E-state index in [1.54, 1.807) is 6.07 Å². The highest BCUT2D eigenvalue weighted by atomic mass is 32.2. The van der Waals surface area contributed by atoms with E-state index in [0.29, 0.717) is 24.3 Å². The fourth-order valence-corrected chi connectivity index (χ4v) is 2.62. The SMILES string of the molecule is CC(C)(C)C(=O)NC1CCOc2ccc(S(N)(=O)=O)cc21. The van der Waals surface area contributed by atoms with Crippen LogP contribution in [0, 0.1) is 5.41 Å². The van der Waals surface area contributed by atoms with Crippen LogP contribution in [0.4, 0.5) is 0 Å². The fourth-order valence-electron chi connectivity index (χ4n) is 2.07. The van der Waals surface area contributed by atoms with Crippen LogP contribution in [0.1, 0.15) is 38.8 Å². The largest absolute Gasteiger partial charge is 0.493 e. The second-order valence-electron chi connectivity index (χ2n) is 6.16. The summed E-state index contributed by atoms with van der Waals surface area (Å²) in [5.74, 6) is 0.481. The Morgan fingerprint density at radius 3 is 2.62 bits per heavy atom. The number of nitrogens with one attached hydrogen (secondary N) is 1. The van der Waals surface area contributed by atoms with Crippen LogP contribution < -0.4 is 15.2 Å². The van der Waals surface area contributed by atoms with E-state index >= 15 is 0 Å². The Balaban J connectivity index is 2.36. The van der Waals surface area contributed by atoms with Gasteiger partial charge in [0.2, 0.25) is 15.9 Å². The van der Waals surface area contributed by atoms with Crippen molar-refractivity contribution >= 4 is 15.9 Å². The molecule has 0 bridgehead atoms. The lowest BCUT2D eigenvalue weighted by Crippen LogP contribution is -2.39. The van der Waals surface area contributed by atoms with E-state index in [-0.39, 0.29) is 16.8 Å². The average molecular weight is 312 g/mol. The topological polar surface area (TPSA) is 98.5 Å². The molecule has 1 atom stereocenters. The molecule has 0 radical (unpaired) electrons. The molecule has 0 fully saturated rings. The van der Waals surface area contributed by atoms with Crippen LogP contribution >= 0.6 is 0 Å². The standard InChI is InChI=1S/C14H20N2O4S/c1-14(2,3)13(17)16-11-6-7-20-12-5-4-9(8-10(11)12)21(15,18)19/h4-5,8,11H,6-7H2,1-3H3,(H,16,17)(H2,15,18,19). The molecular formula is C14H20N2O4S. The van der Waals surface area contributed by atoms with Crippen LogP contribution in [0.3, 0.4) is 0 Å². The monoisotopic (exact) mass is 312 g/mol. The summed E-state index contributed by atoms with van der Waals surface area (Å²) in [6.07, 6.45) is 0.586. The van der Waals surface area contributed by atoms with Crippen LogP contribution in [-0.4, -0.2) is 20.9 Å². The molecular weight excluding hydrogens is 292 g/mol. The molecule has 1 aromatic rings. The molecule has 7 heteroatoms. The molecule has 0 saturated heterocycles. The molecule has 1 unspecified atom stereocenters. The number of ether oxygens (including phenoxy) is 1. The molecule has 0 aromatic heterocycles. The van der Waals surface area contributed by atoms with E-state index in [0.717, 1.165) is 0 Å². The van der Waals surface area contributed by atoms with Crippen LogP contribution in [-0.2, 0) is 14.8 Å². The predicted octanol–water partition coefficient (Wildman–Crippen LogP) is 1.32. The maximum Gasteiger partial charge on any atom is 0.238 e. The van der Waals surface area contributed by atoms with Crippen molar-refractivity contribution in [3.05, 3.63) is 23.8 Å². The van der Waals surface area contributed by atoms with Gasteiger partial charge < -0.3 is 10.1 Å². The molecule has 1 heterocycles. The van der Waals surface area contributed by atoms with Gasteiger partial charge in [-0.2, -0.15) is 0 Å². The molecule has 0 saturated carbocycles. The second kappa shape index (κ2) is 5.31. The van der Waals surface area contributed by atoms with Crippen LogP contribution in [0.2, 0.25) is 0 Å². The Morgan fingerprint density at radius 2 is 2.05 bits per heavy atom. The third-order valence-electron chi connectivity index (χ3n) is 3.34. The Labute approximate surface area is 124 Å². The van der Waals surface area contributed by atoms with Gasteiger partial charge in [-0.15, -0.1) is 0 Å². The number of carbonyl (C=O) groups is 1. The number of fused-ring (bicyclic) bond motifs is 1. The Morgan fingerprint density at radius 1 is 1.38 bits per heavy atom. The van der Waals surface area contributed by atoms with Gasteiger partial charge in [0.25, 0.3) is 0 Å². The van der Waals surface area contributed by atoms with Crippen LogP contribution in [0.5, 0.6) is 5.75 Å². The van der Waals surface area contributed by atoms with E-state index in [1.165, 1.54) is 12.1 Å². The summed E-state index contributed by atoms with van der Waals surface area (Å²) in [7, 11) is -3.78. The Kier molecular flexibility index (Phi) is 3.99. The van der Waals surface area contributed by atoms with Crippen molar-refractivity contribution in [2.24, 2.45) is 10.6 Å². The first kappa shape index (κ1) is 15.8. The van der Waals surface area contributed by atoms with Gasteiger partial charge in [0, 0.05) is 17.4 Å². The summed E-state index contributed by atoms with van der Waals surface area (Å²) in [6.45, 7) is 5.94. The average Bonchev–Trinajstić information content (AvgIpc) is 2.36. The van der Waals surface area contributed by atoms with Crippen molar-refractivity contribution in [1.29, 1.82) is 0 Å². The van der Waals surface area contributed by atoms with Gasteiger partial charge in [-0.1, -0.05) is 20.8 Å². The minimum Gasteiger partial charge on any atom is -0.493 e. The Hall–Kier alpha value is -1.60. The first-order chi connectivity index (χ1) is 9.59. The molecule has 0 spiro atoms. The maximum atomic E-state index is 12.1. The van der Waals surface area contributed by atoms with Gasteiger partial charge >= 0.3 is 0 Å². The molecule has 1 aliphatic rings. The lowest BCUT2D eigenvalue weighted by atomic mass is 9.93. The van der Waals surface area contributed by atoms with Crippen molar-refractivity contribution in [2.75, 3.05) is 6.61 Å². The zero-order chi connectivity index (χ0) is 15.8. The number of rotatable bonds is 2. The molecule has 0 aliphatic carbocycles. The molecule has 21 heavy (non-hydrogen) atoms. The summed E-state index contributed by atoms with van der Waals surface area (Å²) >= 11 is 0. The van der Waals surface area contributed by atoms with E-state index in [9.17, 15) is 13.2 Å². The van der Waals surface area contributed by atoms with Gasteiger partial charge in [0.05, 0.1) is 17.5 Å². The number of nitrogens with two attached hydrogens (primary N) is 1. The molecule has 3 N–H and O–H groups in total. The zero-order valence-electron chi connectivity index (χ0n) is 12.3. The molecule has 6 nitrogen and oxygen atoms in total. The molecule has 1 amide bonds. The summed E-state index contributed by atoms with van der Waals surface area (Å²) in [5, 5.41) is 8.09. The van der Waals surface area contributed by atoms with Gasteiger partial charge in [0.15, 0.2) is 0 Å². The van der Waals surface area contributed by atoms with Gasteiger partial charge in [0.1, 0.15) is 5.75 Å².